The van der Waals surface area contributed by atoms with Gasteiger partial charge in [0.15, 0.2) is 0 Å². The predicted molar refractivity (Wildman–Crippen MR) is 73.9 cm³/mol. The quantitative estimate of drug-likeness (QED) is 0.639. The summed E-state index contributed by atoms with van der Waals surface area (Å²) in [5.74, 6) is -0.185. The van der Waals surface area contributed by atoms with E-state index < -0.39 is 4.84 Å². The standard InChI is InChI=1S/C12H20Cl2N2O2/c1-12(2,3)15-10(17)8-9(11(13)14)16-4-6-18-7-5-16/h8,11H,4-7H2,1-3H3,(H,15,17)/b9-8+. The van der Waals surface area contributed by atoms with E-state index in [1.165, 1.54) is 6.08 Å². The number of amides is 1. The second kappa shape index (κ2) is 6.64. The van der Waals surface area contributed by atoms with Gasteiger partial charge in [-0.25, -0.2) is 0 Å². The molecule has 0 aromatic rings. The van der Waals surface area contributed by atoms with Crippen LogP contribution < -0.4 is 5.32 Å². The summed E-state index contributed by atoms with van der Waals surface area (Å²) in [6, 6.07) is 0. The number of hydrogen-bond acceptors (Lipinski definition) is 3. The van der Waals surface area contributed by atoms with E-state index in [-0.39, 0.29) is 11.4 Å². The molecule has 0 atom stereocenters. The van der Waals surface area contributed by atoms with Crippen molar-refractivity contribution < 1.29 is 9.53 Å². The lowest BCUT2D eigenvalue weighted by Gasteiger charge is -2.31. The summed E-state index contributed by atoms with van der Waals surface area (Å²) < 4.78 is 5.26. The largest absolute Gasteiger partial charge is 0.378 e. The number of morpholine rings is 1. The molecule has 0 radical (unpaired) electrons. The highest BCUT2D eigenvalue weighted by atomic mass is 35.5. The first kappa shape index (κ1) is 15.6. The minimum atomic E-state index is -0.714. The third-order valence-corrected chi connectivity index (χ3v) is 2.82. The van der Waals surface area contributed by atoms with Crippen LogP contribution in [0.4, 0.5) is 0 Å². The molecule has 18 heavy (non-hydrogen) atoms. The van der Waals surface area contributed by atoms with Gasteiger partial charge in [0.2, 0.25) is 5.91 Å². The summed E-state index contributed by atoms with van der Waals surface area (Å²) in [7, 11) is 0. The van der Waals surface area contributed by atoms with Gasteiger partial charge in [-0.05, 0) is 20.8 Å². The third-order valence-electron chi connectivity index (χ3n) is 2.38. The molecule has 1 heterocycles. The summed E-state index contributed by atoms with van der Waals surface area (Å²) in [6.07, 6.45) is 1.47. The molecule has 1 aliphatic heterocycles. The molecular formula is C12H20Cl2N2O2. The summed E-state index contributed by atoms with van der Waals surface area (Å²) in [6.45, 7) is 8.41. The van der Waals surface area contributed by atoms with Gasteiger partial charge in [0, 0.05) is 24.7 Å². The Balaban J connectivity index is 2.74. The minimum Gasteiger partial charge on any atom is -0.378 e. The molecule has 0 saturated carbocycles. The van der Waals surface area contributed by atoms with Crippen LogP contribution >= 0.6 is 23.2 Å². The lowest BCUT2D eigenvalue weighted by molar-refractivity contribution is -0.118. The summed E-state index contributed by atoms with van der Waals surface area (Å²) >= 11 is 11.9. The average Bonchev–Trinajstić information content (AvgIpc) is 2.24. The van der Waals surface area contributed by atoms with Gasteiger partial charge in [-0.1, -0.05) is 23.2 Å². The van der Waals surface area contributed by atoms with Gasteiger partial charge in [-0.3, -0.25) is 4.79 Å². The van der Waals surface area contributed by atoms with Crippen LogP contribution in [-0.2, 0) is 9.53 Å². The fourth-order valence-corrected chi connectivity index (χ4v) is 2.06. The lowest BCUT2D eigenvalue weighted by atomic mass is 10.1. The monoisotopic (exact) mass is 294 g/mol. The maximum Gasteiger partial charge on any atom is 0.246 e. The van der Waals surface area contributed by atoms with Crippen molar-refractivity contribution in [2.45, 2.75) is 31.1 Å². The van der Waals surface area contributed by atoms with Crippen molar-refractivity contribution in [1.82, 2.24) is 10.2 Å². The van der Waals surface area contributed by atoms with Crippen LogP contribution in [0.25, 0.3) is 0 Å². The van der Waals surface area contributed by atoms with Crippen LogP contribution in [0.1, 0.15) is 20.8 Å². The van der Waals surface area contributed by atoms with Crippen molar-refractivity contribution in [3.63, 3.8) is 0 Å². The molecule has 0 aromatic carbocycles. The normalized spacial score (nSPS) is 18.1. The lowest BCUT2D eigenvalue weighted by Crippen LogP contribution is -2.42. The van der Waals surface area contributed by atoms with E-state index in [4.69, 9.17) is 27.9 Å². The fraction of sp³-hybridized carbons (Fsp3) is 0.750. The van der Waals surface area contributed by atoms with Crippen LogP contribution in [0.15, 0.2) is 11.8 Å². The Morgan fingerprint density at radius 1 is 1.33 bits per heavy atom. The second-order valence-electron chi connectivity index (χ2n) is 5.21. The number of nitrogens with one attached hydrogen (secondary N) is 1. The number of hydrogen-bond donors (Lipinski definition) is 1. The molecule has 0 unspecified atom stereocenters. The summed E-state index contributed by atoms with van der Waals surface area (Å²) in [5, 5.41) is 2.85. The number of halogens is 2. The highest BCUT2D eigenvalue weighted by Gasteiger charge is 2.21. The molecular weight excluding hydrogens is 275 g/mol. The molecule has 1 N–H and O–H groups in total. The highest BCUT2D eigenvalue weighted by molar-refractivity contribution is 6.46. The molecule has 4 nitrogen and oxygen atoms in total. The zero-order valence-electron chi connectivity index (χ0n) is 11.0. The molecule has 104 valence electrons. The predicted octanol–water partition coefficient (Wildman–Crippen LogP) is 1.92. The van der Waals surface area contributed by atoms with Crippen molar-refractivity contribution in [2.24, 2.45) is 0 Å². The van der Waals surface area contributed by atoms with E-state index in [0.717, 1.165) is 0 Å². The first-order valence-corrected chi connectivity index (χ1v) is 6.81. The zero-order valence-corrected chi connectivity index (χ0v) is 12.5. The van der Waals surface area contributed by atoms with Crippen molar-refractivity contribution in [3.05, 3.63) is 11.8 Å². The van der Waals surface area contributed by atoms with E-state index in [9.17, 15) is 4.79 Å². The second-order valence-corrected chi connectivity index (χ2v) is 6.30. The molecule has 0 aliphatic carbocycles. The van der Waals surface area contributed by atoms with Gasteiger partial charge in [0.05, 0.1) is 18.9 Å². The smallest absolute Gasteiger partial charge is 0.246 e. The van der Waals surface area contributed by atoms with Crippen LogP contribution in [0.3, 0.4) is 0 Å². The van der Waals surface area contributed by atoms with Crippen molar-refractivity contribution in [3.8, 4) is 0 Å². The van der Waals surface area contributed by atoms with Crippen molar-refractivity contribution in [2.75, 3.05) is 26.3 Å². The Bertz CT molecular complexity index is 319. The van der Waals surface area contributed by atoms with E-state index >= 15 is 0 Å². The fourth-order valence-electron chi connectivity index (χ4n) is 1.65. The van der Waals surface area contributed by atoms with Crippen LogP contribution in [0.2, 0.25) is 0 Å². The molecule has 0 bridgehead atoms. The summed E-state index contributed by atoms with van der Waals surface area (Å²) in [4.78, 5) is 13.1. The highest BCUT2D eigenvalue weighted by Crippen LogP contribution is 2.20. The number of alkyl halides is 2. The topological polar surface area (TPSA) is 41.6 Å². The number of carbonyl (C=O) groups excluding carboxylic acids is 1. The number of allylic oxidation sites excluding steroid dienone is 1. The Labute approximate surface area is 118 Å². The molecule has 1 fully saturated rings. The molecule has 1 amide bonds. The van der Waals surface area contributed by atoms with Crippen LogP contribution in [0, 0.1) is 0 Å². The van der Waals surface area contributed by atoms with Gasteiger partial charge in [-0.2, -0.15) is 0 Å². The van der Waals surface area contributed by atoms with Gasteiger partial charge < -0.3 is 15.0 Å². The maximum atomic E-state index is 11.9. The first-order valence-electron chi connectivity index (χ1n) is 5.94. The first-order chi connectivity index (χ1) is 8.29. The molecule has 0 aromatic heterocycles. The Morgan fingerprint density at radius 2 is 1.89 bits per heavy atom. The van der Waals surface area contributed by atoms with E-state index in [1.54, 1.807) is 0 Å². The zero-order chi connectivity index (χ0) is 13.8. The van der Waals surface area contributed by atoms with Gasteiger partial charge in [0.1, 0.15) is 4.84 Å². The van der Waals surface area contributed by atoms with Crippen LogP contribution in [-0.4, -0.2) is 47.5 Å². The molecule has 1 saturated heterocycles. The average molecular weight is 295 g/mol. The molecule has 6 heteroatoms. The SMILES string of the molecule is CC(C)(C)NC(=O)/C=C(\C(Cl)Cl)N1CCOCC1. The van der Waals surface area contributed by atoms with Crippen LogP contribution in [0.5, 0.6) is 0 Å². The third kappa shape index (κ3) is 5.46. The number of carbonyl (C=O) groups is 1. The Hall–Kier alpha value is -0.450. The maximum absolute atomic E-state index is 11.9. The van der Waals surface area contributed by atoms with Gasteiger partial charge >= 0.3 is 0 Å². The van der Waals surface area contributed by atoms with E-state index in [0.29, 0.717) is 32.0 Å². The summed E-state index contributed by atoms with van der Waals surface area (Å²) in [5.41, 5.74) is 0.348. The number of nitrogens with zero attached hydrogens (tertiary/aromatic N) is 1. The van der Waals surface area contributed by atoms with E-state index in [2.05, 4.69) is 5.32 Å². The molecule has 1 rings (SSSR count). The van der Waals surface area contributed by atoms with Gasteiger partial charge in [0.25, 0.3) is 0 Å². The van der Waals surface area contributed by atoms with Crippen molar-refractivity contribution in [1.29, 1.82) is 0 Å². The van der Waals surface area contributed by atoms with E-state index in [1.807, 2.05) is 25.7 Å². The minimum absolute atomic E-state index is 0.185. The molecule has 0 spiro atoms. The van der Waals surface area contributed by atoms with Gasteiger partial charge in [-0.15, -0.1) is 0 Å². The number of rotatable bonds is 3. The van der Waals surface area contributed by atoms with Crippen molar-refractivity contribution >= 4 is 29.1 Å². The Kier molecular flexibility index (Phi) is 5.76. The number of ether oxygens (including phenoxy) is 1. The molecule has 1 aliphatic rings. The Morgan fingerprint density at radius 3 is 2.33 bits per heavy atom.